The molecule has 2 atom stereocenters. The molecule has 0 saturated heterocycles. The van der Waals surface area contributed by atoms with Crippen LogP contribution in [0.5, 0.6) is 0 Å². The van der Waals surface area contributed by atoms with Gasteiger partial charge in [0.1, 0.15) is 0 Å². The third-order valence-corrected chi connectivity index (χ3v) is 3.45. The second-order valence-corrected chi connectivity index (χ2v) is 5.02. The molecule has 0 fully saturated rings. The van der Waals surface area contributed by atoms with Crippen molar-refractivity contribution >= 4 is 11.3 Å². The summed E-state index contributed by atoms with van der Waals surface area (Å²) >= 11 is 1.63. The van der Waals surface area contributed by atoms with Crippen molar-refractivity contribution in [2.75, 3.05) is 6.54 Å². The molecule has 3 heteroatoms. The van der Waals surface area contributed by atoms with Gasteiger partial charge in [0.2, 0.25) is 0 Å². The van der Waals surface area contributed by atoms with E-state index in [0.717, 1.165) is 12.0 Å². The van der Waals surface area contributed by atoms with E-state index in [4.69, 9.17) is 0 Å². The first-order chi connectivity index (χ1) is 7.15. The third-order valence-electron chi connectivity index (χ3n) is 2.75. The normalized spacial score (nSPS) is 15.5. The topological polar surface area (TPSA) is 32.3 Å². The van der Waals surface area contributed by atoms with E-state index >= 15 is 0 Å². The molecule has 2 unspecified atom stereocenters. The molecule has 1 rings (SSSR count). The van der Waals surface area contributed by atoms with Crippen LogP contribution in [0.1, 0.15) is 38.9 Å². The SMILES string of the molecule is CCC(NCC(O)c1ccsc1)C(C)C. The van der Waals surface area contributed by atoms with Gasteiger partial charge in [-0.15, -0.1) is 0 Å². The van der Waals surface area contributed by atoms with Crippen LogP contribution >= 0.6 is 11.3 Å². The average Bonchev–Trinajstić information content (AvgIpc) is 2.70. The van der Waals surface area contributed by atoms with Crippen LogP contribution in [-0.2, 0) is 0 Å². The first-order valence-corrected chi connectivity index (χ1v) is 6.53. The fraction of sp³-hybridized carbons (Fsp3) is 0.667. The Kier molecular flexibility index (Phi) is 5.29. The van der Waals surface area contributed by atoms with Crippen LogP contribution in [0.2, 0.25) is 0 Å². The van der Waals surface area contributed by atoms with Crippen molar-refractivity contribution in [2.24, 2.45) is 5.92 Å². The van der Waals surface area contributed by atoms with Crippen LogP contribution in [0.25, 0.3) is 0 Å². The molecule has 0 bridgehead atoms. The Morgan fingerprint density at radius 2 is 2.20 bits per heavy atom. The quantitative estimate of drug-likeness (QED) is 0.783. The highest BCUT2D eigenvalue weighted by Gasteiger charge is 2.13. The van der Waals surface area contributed by atoms with Gasteiger partial charge >= 0.3 is 0 Å². The molecule has 1 aromatic rings. The highest BCUT2D eigenvalue weighted by Crippen LogP contribution is 2.16. The lowest BCUT2D eigenvalue weighted by atomic mass is 10.0. The second-order valence-electron chi connectivity index (χ2n) is 4.24. The van der Waals surface area contributed by atoms with Crippen molar-refractivity contribution in [2.45, 2.75) is 39.3 Å². The van der Waals surface area contributed by atoms with E-state index in [1.807, 2.05) is 16.8 Å². The monoisotopic (exact) mass is 227 g/mol. The summed E-state index contributed by atoms with van der Waals surface area (Å²) in [5.41, 5.74) is 1.02. The molecule has 1 heterocycles. The van der Waals surface area contributed by atoms with Crippen molar-refractivity contribution in [1.29, 1.82) is 0 Å². The minimum atomic E-state index is -0.371. The molecule has 0 amide bonds. The van der Waals surface area contributed by atoms with E-state index in [2.05, 4.69) is 26.1 Å². The summed E-state index contributed by atoms with van der Waals surface area (Å²) in [6, 6.07) is 2.48. The molecule has 2 N–H and O–H groups in total. The average molecular weight is 227 g/mol. The first kappa shape index (κ1) is 12.7. The van der Waals surface area contributed by atoms with E-state index in [1.165, 1.54) is 0 Å². The zero-order valence-corrected chi connectivity index (χ0v) is 10.6. The van der Waals surface area contributed by atoms with Crippen molar-refractivity contribution < 1.29 is 5.11 Å². The van der Waals surface area contributed by atoms with Crippen molar-refractivity contribution in [1.82, 2.24) is 5.32 Å². The molecular formula is C12H21NOS. The van der Waals surface area contributed by atoms with Crippen molar-refractivity contribution in [3.05, 3.63) is 22.4 Å². The molecule has 0 aliphatic rings. The Bertz CT molecular complexity index is 259. The lowest BCUT2D eigenvalue weighted by Crippen LogP contribution is -2.36. The number of aliphatic hydroxyl groups excluding tert-OH is 1. The summed E-state index contributed by atoms with van der Waals surface area (Å²) in [4.78, 5) is 0. The van der Waals surface area contributed by atoms with Crippen molar-refractivity contribution in [3.63, 3.8) is 0 Å². The smallest absolute Gasteiger partial charge is 0.0922 e. The van der Waals surface area contributed by atoms with Crippen LogP contribution in [-0.4, -0.2) is 17.7 Å². The molecule has 0 saturated carbocycles. The van der Waals surface area contributed by atoms with Gasteiger partial charge < -0.3 is 10.4 Å². The lowest BCUT2D eigenvalue weighted by Gasteiger charge is -2.22. The molecule has 15 heavy (non-hydrogen) atoms. The lowest BCUT2D eigenvalue weighted by molar-refractivity contribution is 0.165. The van der Waals surface area contributed by atoms with E-state index in [-0.39, 0.29) is 6.10 Å². The van der Waals surface area contributed by atoms with Crippen LogP contribution in [0.4, 0.5) is 0 Å². The predicted molar refractivity (Wildman–Crippen MR) is 66.2 cm³/mol. The molecule has 2 nitrogen and oxygen atoms in total. The Morgan fingerprint density at radius 3 is 2.67 bits per heavy atom. The third kappa shape index (κ3) is 3.93. The number of thiophene rings is 1. The summed E-state index contributed by atoms with van der Waals surface area (Å²) in [6.07, 6.45) is 0.734. The first-order valence-electron chi connectivity index (χ1n) is 5.58. The fourth-order valence-electron chi connectivity index (χ4n) is 1.70. The Balaban J connectivity index is 2.36. The molecule has 0 aliphatic carbocycles. The van der Waals surface area contributed by atoms with Crippen LogP contribution in [0.15, 0.2) is 16.8 Å². The molecule has 0 aliphatic heterocycles. The summed E-state index contributed by atoms with van der Waals surface area (Å²) in [5, 5.41) is 17.3. The number of rotatable bonds is 6. The van der Waals surface area contributed by atoms with E-state index < -0.39 is 0 Å². The Labute approximate surface area is 96.3 Å². The highest BCUT2D eigenvalue weighted by atomic mass is 32.1. The van der Waals surface area contributed by atoms with Gasteiger partial charge in [-0.2, -0.15) is 11.3 Å². The van der Waals surface area contributed by atoms with Crippen LogP contribution < -0.4 is 5.32 Å². The Hall–Kier alpha value is -0.380. The van der Waals surface area contributed by atoms with Crippen LogP contribution in [0.3, 0.4) is 0 Å². The van der Waals surface area contributed by atoms with Crippen molar-refractivity contribution in [3.8, 4) is 0 Å². The van der Waals surface area contributed by atoms with Gasteiger partial charge in [0.05, 0.1) is 6.10 Å². The summed E-state index contributed by atoms with van der Waals surface area (Å²) in [6.45, 7) is 7.23. The number of hydrogen-bond donors (Lipinski definition) is 2. The van der Waals surface area contributed by atoms with Crippen LogP contribution in [0, 0.1) is 5.92 Å². The summed E-state index contributed by atoms with van der Waals surface area (Å²) in [7, 11) is 0. The van der Waals surface area contributed by atoms with Gasteiger partial charge in [-0.1, -0.05) is 20.8 Å². The van der Waals surface area contributed by atoms with E-state index in [1.54, 1.807) is 11.3 Å². The van der Waals surface area contributed by atoms with Gasteiger partial charge in [-0.3, -0.25) is 0 Å². The molecule has 1 aromatic heterocycles. The minimum Gasteiger partial charge on any atom is -0.387 e. The molecule has 0 radical (unpaired) electrons. The summed E-state index contributed by atoms with van der Waals surface area (Å²) in [5.74, 6) is 0.615. The molecule has 0 aromatic carbocycles. The standard InChI is InChI=1S/C12H21NOS/c1-4-11(9(2)3)13-7-12(14)10-5-6-15-8-10/h5-6,8-9,11-14H,4,7H2,1-3H3. The maximum absolute atomic E-state index is 9.88. The molecule has 0 spiro atoms. The zero-order valence-electron chi connectivity index (χ0n) is 9.73. The number of nitrogens with one attached hydrogen (secondary N) is 1. The van der Waals surface area contributed by atoms with Gasteiger partial charge in [0.15, 0.2) is 0 Å². The Morgan fingerprint density at radius 1 is 1.47 bits per heavy atom. The fourth-order valence-corrected chi connectivity index (χ4v) is 2.40. The maximum Gasteiger partial charge on any atom is 0.0922 e. The van der Waals surface area contributed by atoms with Gasteiger partial charge in [-0.25, -0.2) is 0 Å². The van der Waals surface area contributed by atoms with Gasteiger partial charge in [0, 0.05) is 12.6 Å². The molecule has 86 valence electrons. The number of aliphatic hydroxyl groups is 1. The predicted octanol–water partition coefficient (Wildman–Crippen LogP) is 2.81. The highest BCUT2D eigenvalue weighted by molar-refractivity contribution is 7.07. The van der Waals surface area contributed by atoms with E-state index in [0.29, 0.717) is 18.5 Å². The van der Waals surface area contributed by atoms with Gasteiger partial charge in [0.25, 0.3) is 0 Å². The van der Waals surface area contributed by atoms with E-state index in [9.17, 15) is 5.11 Å². The zero-order chi connectivity index (χ0) is 11.3. The van der Waals surface area contributed by atoms with Gasteiger partial charge in [-0.05, 0) is 34.7 Å². The largest absolute Gasteiger partial charge is 0.387 e. The number of hydrogen-bond acceptors (Lipinski definition) is 3. The maximum atomic E-state index is 9.88. The summed E-state index contributed by atoms with van der Waals surface area (Å²) < 4.78 is 0. The minimum absolute atomic E-state index is 0.371. The molecular weight excluding hydrogens is 206 g/mol. The second kappa shape index (κ2) is 6.26.